The van der Waals surface area contributed by atoms with Gasteiger partial charge in [-0.1, -0.05) is 6.07 Å². The van der Waals surface area contributed by atoms with Crippen molar-refractivity contribution in [3.63, 3.8) is 0 Å². The Morgan fingerprint density at radius 1 is 1.24 bits per heavy atom. The fraction of sp³-hybridized carbons (Fsp3) is 0.250. The number of aromatic nitrogens is 1. The molecule has 0 bridgehead atoms. The molecule has 1 heterocycles. The van der Waals surface area contributed by atoms with Gasteiger partial charge < -0.3 is 10.0 Å². The standard InChI is InChI=1S/C16H17FN2O2/c1-19(9-6-12-4-7-18-8-5-12)11-13-2-3-14(16(20)21)15(17)10-13/h2-5,7-8,10H,6,9,11H2,1H3,(H,20,21). The highest BCUT2D eigenvalue weighted by molar-refractivity contribution is 5.87. The van der Waals surface area contributed by atoms with E-state index in [1.165, 1.54) is 17.7 Å². The Bertz CT molecular complexity index is 617. The molecule has 0 aliphatic carbocycles. The number of aromatic carboxylic acids is 1. The first kappa shape index (κ1) is 15.1. The third-order valence-corrected chi connectivity index (χ3v) is 3.25. The zero-order valence-electron chi connectivity index (χ0n) is 11.8. The fourth-order valence-electron chi connectivity index (χ4n) is 2.09. The molecule has 0 unspecified atom stereocenters. The summed E-state index contributed by atoms with van der Waals surface area (Å²) in [5.74, 6) is -1.94. The Balaban J connectivity index is 1.92. The SMILES string of the molecule is CN(CCc1ccncc1)Cc1ccc(C(=O)O)c(F)c1. The molecule has 2 rings (SSSR count). The van der Waals surface area contributed by atoms with Gasteiger partial charge in [-0.15, -0.1) is 0 Å². The quantitative estimate of drug-likeness (QED) is 0.887. The van der Waals surface area contributed by atoms with E-state index in [0.29, 0.717) is 6.54 Å². The molecular weight excluding hydrogens is 271 g/mol. The van der Waals surface area contributed by atoms with Crippen molar-refractivity contribution in [3.8, 4) is 0 Å². The molecule has 2 aromatic rings. The highest BCUT2D eigenvalue weighted by Gasteiger charge is 2.11. The highest BCUT2D eigenvalue weighted by atomic mass is 19.1. The zero-order valence-corrected chi connectivity index (χ0v) is 11.8. The second kappa shape index (κ2) is 6.95. The topological polar surface area (TPSA) is 53.4 Å². The summed E-state index contributed by atoms with van der Waals surface area (Å²) in [5.41, 5.74) is 1.66. The summed E-state index contributed by atoms with van der Waals surface area (Å²) in [5, 5.41) is 8.79. The van der Waals surface area contributed by atoms with Crippen molar-refractivity contribution in [2.45, 2.75) is 13.0 Å². The minimum atomic E-state index is -1.25. The molecule has 0 aliphatic heterocycles. The van der Waals surface area contributed by atoms with E-state index in [2.05, 4.69) is 9.88 Å². The molecule has 110 valence electrons. The second-order valence-electron chi connectivity index (χ2n) is 4.96. The molecule has 1 N–H and O–H groups in total. The third kappa shape index (κ3) is 4.36. The van der Waals surface area contributed by atoms with E-state index in [-0.39, 0.29) is 5.56 Å². The molecule has 4 nitrogen and oxygen atoms in total. The molecule has 0 amide bonds. The van der Waals surface area contributed by atoms with Crippen LogP contribution >= 0.6 is 0 Å². The van der Waals surface area contributed by atoms with E-state index in [1.807, 2.05) is 19.2 Å². The number of rotatable bonds is 6. The Morgan fingerprint density at radius 3 is 2.57 bits per heavy atom. The maximum atomic E-state index is 13.6. The molecule has 0 spiro atoms. The molecular formula is C16H17FN2O2. The van der Waals surface area contributed by atoms with Crippen molar-refractivity contribution >= 4 is 5.97 Å². The van der Waals surface area contributed by atoms with Gasteiger partial charge in [0.05, 0.1) is 5.56 Å². The minimum absolute atomic E-state index is 0.293. The molecule has 5 heteroatoms. The number of pyridine rings is 1. The van der Waals surface area contributed by atoms with Crippen LogP contribution < -0.4 is 0 Å². The largest absolute Gasteiger partial charge is 0.478 e. The van der Waals surface area contributed by atoms with Crippen molar-refractivity contribution in [2.24, 2.45) is 0 Å². The monoisotopic (exact) mass is 288 g/mol. The van der Waals surface area contributed by atoms with Gasteiger partial charge in [-0.25, -0.2) is 9.18 Å². The summed E-state index contributed by atoms with van der Waals surface area (Å²) in [6.45, 7) is 1.40. The molecule has 0 saturated heterocycles. The lowest BCUT2D eigenvalue weighted by atomic mass is 10.1. The highest BCUT2D eigenvalue weighted by Crippen LogP contribution is 2.12. The first-order chi connectivity index (χ1) is 10.1. The molecule has 21 heavy (non-hydrogen) atoms. The van der Waals surface area contributed by atoms with E-state index in [1.54, 1.807) is 18.5 Å². The third-order valence-electron chi connectivity index (χ3n) is 3.25. The van der Waals surface area contributed by atoms with Crippen molar-refractivity contribution in [1.82, 2.24) is 9.88 Å². The van der Waals surface area contributed by atoms with Crippen LogP contribution in [0.15, 0.2) is 42.7 Å². The predicted molar refractivity (Wildman–Crippen MR) is 77.6 cm³/mol. The van der Waals surface area contributed by atoms with Gasteiger partial charge in [0.1, 0.15) is 5.82 Å². The average Bonchev–Trinajstić information content (AvgIpc) is 2.46. The van der Waals surface area contributed by atoms with E-state index in [0.717, 1.165) is 18.5 Å². The maximum absolute atomic E-state index is 13.6. The fourth-order valence-corrected chi connectivity index (χ4v) is 2.09. The summed E-state index contributed by atoms with van der Waals surface area (Å²) in [6, 6.07) is 8.18. The normalized spacial score (nSPS) is 10.8. The summed E-state index contributed by atoms with van der Waals surface area (Å²) < 4.78 is 13.6. The molecule has 0 radical (unpaired) electrons. The lowest BCUT2D eigenvalue weighted by molar-refractivity contribution is 0.0692. The number of carbonyl (C=O) groups is 1. The van der Waals surface area contributed by atoms with Gasteiger partial charge >= 0.3 is 5.97 Å². The summed E-state index contributed by atoms with van der Waals surface area (Å²) in [7, 11) is 1.95. The number of hydrogen-bond donors (Lipinski definition) is 1. The van der Waals surface area contributed by atoms with Crippen LogP contribution in [0, 0.1) is 5.82 Å². The number of nitrogens with zero attached hydrogens (tertiary/aromatic N) is 2. The smallest absolute Gasteiger partial charge is 0.338 e. The van der Waals surface area contributed by atoms with E-state index < -0.39 is 11.8 Å². The van der Waals surface area contributed by atoms with Crippen LogP contribution in [0.25, 0.3) is 0 Å². The molecule has 0 atom stereocenters. The van der Waals surface area contributed by atoms with Crippen LogP contribution in [0.3, 0.4) is 0 Å². The first-order valence-corrected chi connectivity index (χ1v) is 6.65. The second-order valence-corrected chi connectivity index (χ2v) is 4.96. The lowest BCUT2D eigenvalue weighted by Crippen LogP contribution is -2.21. The molecule has 1 aromatic carbocycles. The Kier molecular flexibility index (Phi) is 5.00. The number of halogens is 1. The van der Waals surface area contributed by atoms with Crippen molar-refractivity contribution in [1.29, 1.82) is 0 Å². The van der Waals surface area contributed by atoms with Crippen molar-refractivity contribution in [3.05, 3.63) is 65.2 Å². The van der Waals surface area contributed by atoms with E-state index >= 15 is 0 Å². The molecule has 0 fully saturated rings. The zero-order chi connectivity index (χ0) is 15.2. The van der Waals surface area contributed by atoms with Gasteiger partial charge in [-0.3, -0.25) is 4.98 Å². The number of likely N-dealkylation sites (N-methyl/N-ethyl adjacent to an activating group) is 1. The summed E-state index contributed by atoms with van der Waals surface area (Å²) >= 11 is 0. The van der Waals surface area contributed by atoms with Crippen LogP contribution in [-0.4, -0.2) is 34.6 Å². The lowest BCUT2D eigenvalue weighted by Gasteiger charge is -2.17. The maximum Gasteiger partial charge on any atom is 0.338 e. The van der Waals surface area contributed by atoms with Gasteiger partial charge in [-0.05, 0) is 48.9 Å². The van der Waals surface area contributed by atoms with E-state index in [4.69, 9.17) is 5.11 Å². The van der Waals surface area contributed by atoms with Gasteiger partial charge in [0.15, 0.2) is 0 Å². The van der Waals surface area contributed by atoms with Gasteiger partial charge in [0.2, 0.25) is 0 Å². The summed E-state index contributed by atoms with van der Waals surface area (Å²) in [6.07, 6.45) is 4.40. The number of hydrogen-bond acceptors (Lipinski definition) is 3. The number of carboxylic acid groups (broad SMARTS) is 1. The van der Waals surface area contributed by atoms with Crippen LogP contribution in [0.5, 0.6) is 0 Å². The Labute approximate surface area is 122 Å². The minimum Gasteiger partial charge on any atom is -0.478 e. The van der Waals surface area contributed by atoms with E-state index in [9.17, 15) is 9.18 Å². The Hall–Kier alpha value is -2.27. The average molecular weight is 288 g/mol. The Morgan fingerprint density at radius 2 is 1.95 bits per heavy atom. The number of carboxylic acids is 1. The van der Waals surface area contributed by atoms with Crippen molar-refractivity contribution < 1.29 is 14.3 Å². The van der Waals surface area contributed by atoms with Gasteiger partial charge in [0.25, 0.3) is 0 Å². The van der Waals surface area contributed by atoms with Crippen molar-refractivity contribution in [2.75, 3.05) is 13.6 Å². The van der Waals surface area contributed by atoms with Crippen LogP contribution in [-0.2, 0) is 13.0 Å². The molecule has 0 aliphatic rings. The first-order valence-electron chi connectivity index (χ1n) is 6.65. The molecule has 1 aromatic heterocycles. The predicted octanol–water partition coefficient (Wildman–Crippen LogP) is 2.59. The van der Waals surface area contributed by atoms with Crippen LogP contribution in [0.2, 0.25) is 0 Å². The van der Waals surface area contributed by atoms with Gasteiger partial charge in [-0.2, -0.15) is 0 Å². The van der Waals surface area contributed by atoms with Gasteiger partial charge in [0, 0.05) is 25.5 Å². The van der Waals surface area contributed by atoms with Crippen LogP contribution in [0.1, 0.15) is 21.5 Å². The van der Waals surface area contributed by atoms with Crippen LogP contribution in [0.4, 0.5) is 4.39 Å². The summed E-state index contributed by atoms with van der Waals surface area (Å²) in [4.78, 5) is 16.8. The molecule has 0 saturated carbocycles. The number of benzene rings is 1.